The fraction of sp³-hybridized carbons (Fsp3) is 0.621. The number of aliphatic hydroxyl groups is 1. The van der Waals surface area contributed by atoms with E-state index >= 15 is 0 Å². The van der Waals surface area contributed by atoms with Crippen LogP contribution in [0.5, 0.6) is 0 Å². The van der Waals surface area contributed by atoms with E-state index in [1.807, 2.05) is 24.3 Å². The lowest BCUT2D eigenvalue weighted by atomic mass is 9.80. The van der Waals surface area contributed by atoms with E-state index in [1.54, 1.807) is 18.3 Å². The molecule has 0 radical (unpaired) electrons. The van der Waals surface area contributed by atoms with Gasteiger partial charge in [0.2, 0.25) is 5.91 Å². The number of rotatable bonds is 8. The molecule has 2 saturated heterocycles. The molecule has 0 spiro atoms. The van der Waals surface area contributed by atoms with Crippen LogP contribution in [0.2, 0.25) is 0 Å². The lowest BCUT2D eigenvalue weighted by Crippen LogP contribution is -2.61. The minimum Gasteiger partial charge on any atom is -0.394 e. The van der Waals surface area contributed by atoms with E-state index in [0.717, 1.165) is 87.9 Å². The van der Waals surface area contributed by atoms with Crippen molar-refractivity contribution in [1.82, 2.24) is 20.5 Å². The molecule has 10 heteroatoms. The Bertz CT molecular complexity index is 1100. The van der Waals surface area contributed by atoms with Crippen molar-refractivity contribution >= 4 is 28.3 Å². The summed E-state index contributed by atoms with van der Waals surface area (Å²) in [6.45, 7) is 7.41. The maximum atomic E-state index is 13.2. The van der Waals surface area contributed by atoms with Crippen molar-refractivity contribution in [2.75, 3.05) is 50.9 Å². The van der Waals surface area contributed by atoms with Gasteiger partial charge in [-0.15, -0.1) is 11.3 Å². The zero-order chi connectivity index (χ0) is 27.2. The summed E-state index contributed by atoms with van der Waals surface area (Å²) in [4.78, 5) is 36.2. The van der Waals surface area contributed by atoms with Crippen molar-refractivity contribution in [2.45, 2.75) is 69.5 Å². The van der Waals surface area contributed by atoms with Crippen LogP contribution >= 0.6 is 11.3 Å². The third-order valence-corrected chi connectivity index (χ3v) is 9.28. The van der Waals surface area contributed by atoms with Crippen LogP contribution in [0, 0.1) is 0 Å². The van der Waals surface area contributed by atoms with Crippen LogP contribution in [-0.2, 0) is 9.53 Å². The van der Waals surface area contributed by atoms with E-state index in [1.165, 1.54) is 0 Å². The highest BCUT2D eigenvalue weighted by molar-refractivity contribution is 7.14. The van der Waals surface area contributed by atoms with Crippen LogP contribution in [0.1, 0.15) is 62.2 Å². The molecule has 9 nitrogen and oxygen atoms in total. The molecule has 5 rings (SSSR count). The molecule has 39 heavy (non-hydrogen) atoms. The number of aliphatic hydroxyl groups excluding tert-OH is 1. The second-order valence-electron chi connectivity index (χ2n) is 11.1. The summed E-state index contributed by atoms with van der Waals surface area (Å²) >= 11 is 1.67. The molecule has 1 aromatic carbocycles. The molecule has 1 atom stereocenters. The maximum Gasteiger partial charge on any atom is 0.252 e. The van der Waals surface area contributed by atoms with Gasteiger partial charge >= 0.3 is 0 Å². The van der Waals surface area contributed by atoms with Crippen molar-refractivity contribution in [2.24, 2.45) is 0 Å². The Hall–Kier alpha value is -2.53. The second kappa shape index (κ2) is 12.8. The van der Waals surface area contributed by atoms with Crippen LogP contribution in [0.4, 0.5) is 5.13 Å². The number of morpholine rings is 1. The fourth-order valence-electron chi connectivity index (χ4n) is 5.96. The molecule has 2 amide bonds. The van der Waals surface area contributed by atoms with Gasteiger partial charge in [-0.05, 0) is 44.7 Å². The van der Waals surface area contributed by atoms with Gasteiger partial charge < -0.3 is 25.4 Å². The van der Waals surface area contributed by atoms with Gasteiger partial charge in [-0.25, -0.2) is 4.98 Å². The minimum absolute atomic E-state index is 0.137. The molecule has 3 heterocycles. The lowest BCUT2D eigenvalue weighted by Gasteiger charge is -2.40. The van der Waals surface area contributed by atoms with Gasteiger partial charge in [-0.3, -0.25) is 14.5 Å². The molecule has 1 saturated carbocycles. The summed E-state index contributed by atoms with van der Waals surface area (Å²) in [5.74, 6) is -0.463. The number of anilines is 1. The quantitative estimate of drug-likeness (QED) is 0.460. The zero-order valence-electron chi connectivity index (χ0n) is 22.9. The summed E-state index contributed by atoms with van der Waals surface area (Å²) in [6.07, 6.45) is 6.33. The number of carbonyl (C=O) groups excluding carboxylic acids is 2. The molecule has 0 bridgehead atoms. The lowest BCUT2D eigenvalue weighted by molar-refractivity contribution is -0.129. The fourth-order valence-corrected chi connectivity index (χ4v) is 6.85. The minimum atomic E-state index is -0.934. The number of carbonyl (C=O) groups is 2. The van der Waals surface area contributed by atoms with Crippen LogP contribution in [0.15, 0.2) is 29.6 Å². The van der Waals surface area contributed by atoms with E-state index < -0.39 is 5.54 Å². The Morgan fingerprint density at radius 1 is 1.10 bits per heavy atom. The van der Waals surface area contributed by atoms with E-state index in [0.29, 0.717) is 24.4 Å². The molecular weight excluding hydrogens is 514 g/mol. The number of aromatic nitrogens is 1. The highest BCUT2D eigenvalue weighted by Gasteiger charge is 2.41. The second-order valence-corrected chi connectivity index (χ2v) is 11.9. The average Bonchev–Trinajstić information content (AvgIpc) is 3.48. The van der Waals surface area contributed by atoms with E-state index in [9.17, 15) is 14.7 Å². The molecule has 0 unspecified atom stereocenters. The van der Waals surface area contributed by atoms with E-state index in [2.05, 4.69) is 25.8 Å². The monoisotopic (exact) mass is 555 g/mol. The van der Waals surface area contributed by atoms with Crippen LogP contribution in [0.3, 0.4) is 0 Å². The zero-order valence-corrected chi connectivity index (χ0v) is 23.7. The average molecular weight is 556 g/mol. The molecule has 212 valence electrons. The van der Waals surface area contributed by atoms with Crippen LogP contribution < -0.4 is 15.5 Å². The number of hydrogen-bond acceptors (Lipinski definition) is 8. The largest absolute Gasteiger partial charge is 0.394 e. The molecule has 1 aliphatic carbocycles. The van der Waals surface area contributed by atoms with Crippen LogP contribution in [0.25, 0.3) is 11.3 Å². The highest BCUT2D eigenvalue weighted by Crippen LogP contribution is 2.31. The molecule has 3 aliphatic rings. The summed E-state index contributed by atoms with van der Waals surface area (Å²) in [5, 5.41) is 18.4. The van der Waals surface area contributed by atoms with Gasteiger partial charge in [0.05, 0.1) is 25.5 Å². The van der Waals surface area contributed by atoms with Gasteiger partial charge in [0.15, 0.2) is 5.13 Å². The Kier molecular flexibility index (Phi) is 9.17. The number of benzene rings is 1. The number of nitrogens with one attached hydrogen (secondary N) is 2. The van der Waals surface area contributed by atoms with Gasteiger partial charge in [-0.1, -0.05) is 31.4 Å². The number of piperidine rings is 1. The Balaban J connectivity index is 1.19. The van der Waals surface area contributed by atoms with Gasteiger partial charge in [0.1, 0.15) is 5.54 Å². The first-order chi connectivity index (χ1) is 19.0. The Labute approximate surface area is 234 Å². The predicted molar refractivity (Wildman–Crippen MR) is 153 cm³/mol. The molecule has 3 fully saturated rings. The smallest absolute Gasteiger partial charge is 0.252 e. The molecule has 2 aliphatic heterocycles. The molecule has 1 aromatic heterocycles. The van der Waals surface area contributed by atoms with Gasteiger partial charge in [-0.2, -0.15) is 0 Å². The third-order valence-electron chi connectivity index (χ3n) is 8.38. The third kappa shape index (κ3) is 6.62. The Morgan fingerprint density at radius 3 is 2.46 bits per heavy atom. The SMILES string of the molecule is C[C@@H](CO)NC(=O)C1(NC(=O)c2ccc(-c3csc(N4CCC(N5CCOCC5)CC4)n3)cc2)CCCCC1. The molecule has 3 N–H and O–H groups in total. The predicted octanol–water partition coefficient (Wildman–Crippen LogP) is 3.04. The number of thiazole rings is 1. The van der Waals surface area contributed by atoms with E-state index in [-0.39, 0.29) is 24.5 Å². The first-order valence-electron chi connectivity index (χ1n) is 14.3. The topological polar surface area (TPSA) is 107 Å². The first-order valence-corrected chi connectivity index (χ1v) is 15.2. The van der Waals surface area contributed by atoms with Gasteiger partial charge in [0, 0.05) is 54.8 Å². The Morgan fingerprint density at radius 2 is 1.79 bits per heavy atom. The van der Waals surface area contributed by atoms with Crippen molar-refractivity contribution < 1.29 is 19.4 Å². The van der Waals surface area contributed by atoms with Crippen LogP contribution in [-0.4, -0.2) is 90.4 Å². The number of amides is 2. The summed E-state index contributed by atoms with van der Waals surface area (Å²) in [6, 6.07) is 7.76. The number of hydrogen-bond donors (Lipinski definition) is 3. The number of ether oxygens (including phenoxy) is 1. The maximum absolute atomic E-state index is 13.2. The van der Waals surface area contributed by atoms with Gasteiger partial charge in [0.25, 0.3) is 5.91 Å². The van der Waals surface area contributed by atoms with Crippen molar-refractivity contribution in [3.8, 4) is 11.3 Å². The molecule has 2 aromatic rings. The van der Waals surface area contributed by atoms with E-state index in [4.69, 9.17) is 9.72 Å². The summed E-state index contributed by atoms with van der Waals surface area (Å²) in [5.41, 5.74) is 1.47. The summed E-state index contributed by atoms with van der Waals surface area (Å²) < 4.78 is 5.50. The first kappa shape index (κ1) is 28.0. The molecular formula is C29H41N5O4S. The van der Waals surface area contributed by atoms with Crippen molar-refractivity contribution in [3.63, 3.8) is 0 Å². The van der Waals surface area contributed by atoms with Crippen molar-refractivity contribution in [3.05, 3.63) is 35.2 Å². The van der Waals surface area contributed by atoms with Crippen molar-refractivity contribution in [1.29, 1.82) is 0 Å². The number of nitrogens with zero attached hydrogens (tertiary/aromatic N) is 3. The standard InChI is InChI=1S/C29H41N5O4S/c1-21(19-35)30-27(37)29(11-3-2-4-12-29)32-26(36)23-7-5-22(6-8-23)25-20-39-28(31-25)34-13-9-24(10-14-34)33-15-17-38-18-16-33/h5-8,20-21,24,35H,2-4,9-19H2,1H3,(H,30,37)(H,32,36)/t21-/m0/s1. The highest BCUT2D eigenvalue weighted by atomic mass is 32.1. The summed E-state index contributed by atoms with van der Waals surface area (Å²) in [7, 11) is 0. The normalized spacial score (nSPS) is 21.3.